The van der Waals surface area contributed by atoms with E-state index in [1.165, 1.54) is 0 Å². The molecular weight excluding hydrogens is 546 g/mol. The Kier molecular flexibility index (Phi) is 13.0. The summed E-state index contributed by atoms with van der Waals surface area (Å²) in [6, 6.07) is 5.52. The van der Waals surface area contributed by atoms with E-state index in [0.717, 1.165) is 19.4 Å². The van der Waals surface area contributed by atoms with Gasteiger partial charge in [0.15, 0.2) is 5.60 Å². The number of benzene rings is 1. The molecule has 9 nitrogen and oxygen atoms in total. The molecule has 1 N–H and O–H groups in total. The van der Waals surface area contributed by atoms with Gasteiger partial charge >= 0.3 is 0 Å². The summed E-state index contributed by atoms with van der Waals surface area (Å²) in [6.07, 6.45) is 3.57. The number of piperidine rings is 1. The van der Waals surface area contributed by atoms with Crippen molar-refractivity contribution in [3.63, 3.8) is 0 Å². The first-order valence-corrected chi connectivity index (χ1v) is 16.2. The highest BCUT2D eigenvalue weighted by Crippen LogP contribution is 2.41. The Hall–Kier alpha value is -2.49. The van der Waals surface area contributed by atoms with Crippen LogP contribution in [0.1, 0.15) is 80.6 Å². The molecule has 0 saturated carbocycles. The van der Waals surface area contributed by atoms with E-state index in [0.29, 0.717) is 81.1 Å². The van der Waals surface area contributed by atoms with Crippen molar-refractivity contribution in [3.8, 4) is 5.75 Å². The molecule has 0 unspecified atom stereocenters. The van der Waals surface area contributed by atoms with E-state index in [1.54, 1.807) is 30.8 Å². The molecule has 0 radical (unpaired) electrons. The predicted octanol–water partition coefficient (Wildman–Crippen LogP) is 5.24. The van der Waals surface area contributed by atoms with Gasteiger partial charge < -0.3 is 29.3 Å². The third kappa shape index (κ3) is 9.02. The number of hydrogen-bond donors (Lipinski definition) is 1. The monoisotopic (exact) mass is 601 g/mol. The number of fused-ring (bicyclic) bond motifs is 1. The Morgan fingerprint density at radius 2 is 1.86 bits per heavy atom. The lowest BCUT2D eigenvalue weighted by Gasteiger charge is -2.40. The van der Waals surface area contributed by atoms with Crippen molar-refractivity contribution in [1.29, 1.82) is 0 Å². The molecule has 0 bridgehead atoms. The van der Waals surface area contributed by atoms with Gasteiger partial charge in [-0.15, -0.1) is 0 Å². The molecule has 9 heteroatoms. The lowest BCUT2D eigenvalue weighted by atomic mass is 9.84. The molecule has 0 aliphatic carbocycles. The summed E-state index contributed by atoms with van der Waals surface area (Å²) < 4.78 is 17.0. The highest BCUT2D eigenvalue weighted by atomic mass is 16.5. The van der Waals surface area contributed by atoms with E-state index in [9.17, 15) is 14.4 Å². The molecule has 2 amide bonds. The summed E-state index contributed by atoms with van der Waals surface area (Å²) >= 11 is 0. The number of rotatable bonds is 16. The summed E-state index contributed by atoms with van der Waals surface area (Å²) in [5.41, 5.74) is 0.396. The Balaban J connectivity index is 1.73. The third-order valence-electron chi connectivity index (χ3n) is 8.75. The van der Waals surface area contributed by atoms with E-state index in [2.05, 4.69) is 19.2 Å². The number of Topliss-reactive ketones (excluding diaryl/α,β-unsaturated/α-hetero) is 1. The zero-order valence-corrected chi connectivity index (χ0v) is 27.7. The zero-order valence-electron chi connectivity index (χ0n) is 27.7. The number of amides is 2. The van der Waals surface area contributed by atoms with Crippen LogP contribution in [0.25, 0.3) is 0 Å². The fourth-order valence-electron chi connectivity index (χ4n) is 6.17. The minimum Gasteiger partial charge on any atom is -0.476 e. The van der Waals surface area contributed by atoms with E-state index < -0.39 is 5.60 Å². The summed E-state index contributed by atoms with van der Waals surface area (Å²) in [6.45, 7) is 17.6. The zero-order chi connectivity index (χ0) is 31.7. The van der Waals surface area contributed by atoms with E-state index in [1.807, 2.05) is 39.0 Å². The average Bonchev–Trinajstić information content (AvgIpc) is 2.96. The molecule has 0 spiro atoms. The van der Waals surface area contributed by atoms with Crippen LogP contribution in [0.2, 0.25) is 0 Å². The van der Waals surface area contributed by atoms with E-state index >= 15 is 0 Å². The summed E-state index contributed by atoms with van der Waals surface area (Å²) in [5, 5.41) is 3.36. The SMILES string of the molecule is CCOC[C@H](CCCC(=O)[C@@H]1CNC[C@H](C(=O)N(c2ccc3c(c2)N(CCCOC)C(=O)C(C)(C)O3)C(C)C)C1)C(C)C. The number of ketones is 1. The highest BCUT2D eigenvalue weighted by Gasteiger charge is 2.41. The molecule has 242 valence electrons. The van der Waals surface area contributed by atoms with E-state index in [-0.39, 0.29) is 35.5 Å². The normalized spacial score (nSPS) is 20.6. The minimum atomic E-state index is -0.983. The summed E-state index contributed by atoms with van der Waals surface area (Å²) in [5.74, 6) is 1.21. The standard InChI is InChI=1S/C34H55N3O6/c1-9-42-22-25(23(2)3)12-10-13-30(38)26-18-27(21-35-20-26)32(39)37(24(4)5)28-14-15-31-29(19-28)36(16-11-17-41-8)33(40)34(6,7)43-31/h14-15,19,23-27,35H,9-13,16-18,20-22H2,1-8H3/t25-,26-,27+/m0/s1. The number of anilines is 2. The second kappa shape index (κ2) is 16.0. The molecule has 43 heavy (non-hydrogen) atoms. The molecule has 1 fully saturated rings. The molecule has 2 aliphatic rings. The quantitative estimate of drug-likeness (QED) is 0.259. The van der Waals surface area contributed by atoms with Gasteiger partial charge in [-0.1, -0.05) is 13.8 Å². The number of nitrogens with zero attached hydrogens (tertiary/aromatic N) is 2. The maximum absolute atomic E-state index is 14.0. The molecule has 2 heterocycles. The summed E-state index contributed by atoms with van der Waals surface area (Å²) in [7, 11) is 1.65. The van der Waals surface area contributed by atoms with Crippen LogP contribution >= 0.6 is 0 Å². The van der Waals surface area contributed by atoms with Crippen LogP contribution in [0, 0.1) is 23.7 Å². The first kappa shape index (κ1) is 35.0. The number of methoxy groups -OCH3 is 1. The van der Waals surface area contributed by atoms with Crippen molar-refractivity contribution < 1.29 is 28.6 Å². The molecule has 1 saturated heterocycles. The molecule has 1 aromatic rings. The first-order valence-electron chi connectivity index (χ1n) is 16.2. The topological polar surface area (TPSA) is 97.4 Å². The Bertz CT molecular complexity index is 1090. The minimum absolute atomic E-state index is 0.00847. The second-order valence-corrected chi connectivity index (χ2v) is 13.2. The Labute approximate surface area is 259 Å². The average molecular weight is 602 g/mol. The fraction of sp³-hybridized carbons (Fsp3) is 0.735. The van der Waals surface area contributed by atoms with E-state index in [4.69, 9.17) is 14.2 Å². The van der Waals surface area contributed by atoms with Gasteiger partial charge in [0.25, 0.3) is 5.91 Å². The van der Waals surface area contributed by atoms with Crippen molar-refractivity contribution in [2.75, 3.05) is 56.4 Å². The molecular formula is C34H55N3O6. The van der Waals surface area contributed by atoms with Crippen molar-refractivity contribution in [3.05, 3.63) is 18.2 Å². The fourth-order valence-corrected chi connectivity index (χ4v) is 6.17. The van der Waals surface area contributed by atoms with Crippen LogP contribution in [-0.2, 0) is 23.9 Å². The number of hydrogen-bond acceptors (Lipinski definition) is 7. The van der Waals surface area contributed by atoms with Crippen molar-refractivity contribution in [2.45, 2.75) is 92.2 Å². The van der Waals surface area contributed by atoms with Crippen LogP contribution < -0.4 is 19.9 Å². The van der Waals surface area contributed by atoms with Gasteiger partial charge in [0, 0.05) is 70.6 Å². The molecule has 0 aromatic heterocycles. The van der Waals surface area contributed by atoms with Gasteiger partial charge in [0.1, 0.15) is 11.5 Å². The molecule has 1 aromatic carbocycles. The van der Waals surface area contributed by atoms with Crippen LogP contribution in [0.4, 0.5) is 11.4 Å². The molecule has 2 aliphatic heterocycles. The second-order valence-electron chi connectivity index (χ2n) is 13.2. The maximum atomic E-state index is 14.0. The van der Waals surface area contributed by atoms with Gasteiger partial charge in [-0.3, -0.25) is 14.4 Å². The van der Waals surface area contributed by atoms with Crippen molar-refractivity contribution in [1.82, 2.24) is 5.32 Å². The maximum Gasteiger partial charge on any atom is 0.270 e. The van der Waals surface area contributed by atoms with Crippen molar-refractivity contribution >= 4 is 29.0 Å². The Morgan fingerprint density at radius 3 is 2.51 bits per heavy atom. The van der Waals surface area contributed by atoms with Gasteiger partial charge in [-0.25, -0.2) is 0 Å². The number of carbonyl (C=O) groups is 3. The molecule has 3 rings (SSSR count). The van der Waals surface area contributed by atoms with Crippen molar-refractivity contribution in [2.24, 2.45) is 23.7 Å². The van der Waals surface area contributed by atoms with Gasteiger partial charge in [0.05, 0.1) is 11.6 Å². The van der Waals surface area contributed by atoms with Crippen LogP contribution in [0.5, 0.6) is 5.75 Å². The lowest BCUT2D eigenvalue weighted by Crippen LogP contribution is -2.53. The van der Waals surface area contributed by atoms with Gasteiger partial charge in [-0.05, 0) is 90.3 Å². The smallest absolute Gasteiger partial charge is 0.270 e. The van der Waals surface area contributed by atoms with Gasteiger partial charge in [-0.2, -0.15) is 0 Å². The van der Waals surface area contributed by atoms with Crippen LogP contribution in [0.15, 0.2) is 18.2 Å². The number of ether oxygens (including phenoxy) is 3. The van der Waals surface area contributed by atoms with Crippen LogP contribution in [-0.4, -0.2) is 75.8 Å². The summed E-state index contributed by atoms with van der Waals surface area (Å²) in [4.78, 5) is 44.2. The number of carbonyl (C=O) groups excluding carboxylic acids is 3. The first-order chi connectivity index (χ1) is 20.4. The molecule has 3 atom stereocenters. The predicted molar refractivity (Wildman–Crippen MR) is 171 cm³/mol. The highest BCUT2D eigenvalue weighted by molar-refractivity contribution is 6.04. The van der Waals surface area contributed by atoms with Crippen LogP contribution in [0.3, 0.4) is 0 Å². The third-order valence-corrected chi connectivity index (χ3v) is 8.75. The lowest BCUT2D eigenvalue weighted by molar-refractivity contribution is -0.132. The van der Waals surface area contributed by atoms with Gasteiger partial charge in [0.2, 0.25) is 5.91 Å². The Morgan fingerprint density at radius 1 is 1.14 bits per heavy atom. The number of nitrogens with one attached hydrogen (secondary N) is 1. The largest absolute Gasteiger partial charge is 0.476 e.